The van der Waals surface area contributed by atoms with Crippen LogP contribution in [0.25, 0.3) is 10.2 Å². The topological polar surface area (TPSA) is 64.1 Å². The number of hydrogen-bond donors (Lipinski definition) is 1. The summed E-state index contributed by atoms with van der Waals surface area (Å²) in [6.07, 6.45) is 0. The first-order valence-corrected chi connectivity index (χ1v) is 11.0. The highest BCUT2D eigenvalue weighted by Gasteiger charge is 2.18. The zero-order chi connectivity index (χ0) is 18.7. The number of nitrogens with zero attached hydrogens (tertiary/aromatic N) is 2. The van der Waals surface area contributed by atoms with E-state index in [0.29, 0.717) is 17.5 Å². The Bertz CT molecular complexity index is 912. The number of carbonyl (C=O) groups excluding carboxylic acids is 1. The number of nitrogens with one attached hydrogen (secondary N) is 1. The van der Waals surface area contributed by atoms with Gasteiger partial charge in [0.05, 0.1) is 28.3 Å². The fourth-order valence-corrected chi connectivity index (χ4v) is 4.93. The Hall–Kier alpha value is -1.64. The van der Waals surface area contributed by atoms with Crippen molar-refractivity contribution in [3.8, 4) is 5.75 Å². The van der Waals surface area contributed by atoms with E-state index in [4.69, 9.17) is 4.74 Å². The van der Waals surface area contributed by atoms with Crippen molar-refractivity contribution in [3.63, 3.8) is 0 Å². The summed E-state index contributed by atoms with van der Waals surface area (Å²) in [5.74, 6) is 1.05. The van der Waals surface area contributed by atoms with Gasteiger partial charge < -0.3 is 10.1 Å². The first-order valence-electron chi connectivity index (χ1n) is 8.27. The fourth-order valence-electron chi connectivity index (χ4n) is 2.17. The van der Waals surface area contributed by atoms with Gasteiger partial charge in [-0.15, -0.1) is 11.3 Å². The maximum absolute atomic E-state index is 12.2. The van der Waals surface area contributed by atoms with Crippen molar-refractivity contribution < 1.29 is 9.53 Å². The van der Waals surface area contributed by atoms with E-state index in [2.05, 4.69) is 41.4 Å². The third-order valence-corrected chi connectivity index (χ3v) is 6.45. The minimum atomic E-state index is -0.0772. The van der Waals surface area contributed by atoms with Gasteiger partial charge in [0.25, 0.3) is 0 Å². The maximum atomic E-state index is 12.2. The zero-order valence-corrected chi connectivity index (χ0v) is 17.6. The monoisotopic (exact) mass is 407 g/mol. The van der Waals surface area contributed by atoms with Crippen LogP contribution in [0.2, 0.25) is 0 Å². The molecule has 26 heavy (non-hydrogen) atoms. The molecule has 0 radical (unpaired) electrons. The smallest absolute Gasteiger partial charge is 0.236 e. The molecule has 138 valence electrons. The highest BCUT2D eigenvalue weighted by atomic mass is 32.2. The van der Waals surface area contributed by atoms with Gasteiger partial charge in [0.15, 0.2) is 9.47 Å². The third-order valence-electron chi connectivity index (χ3n) is 3.50. The lowest BCUT2D eigenvalue weighted by Crippen LogP contribution is -2.14. The second kappa shape index (κ2) is 7.94. The van der Waals surface area contributed by atoms with Crippen LogP contribution in [-0.2, 0) is 10.2 Å². The van der Waals surface area contributed by atoms with E-state index in [1.165, 1.54) is 23.1 Å². The lowest BCUT2D eigenvalue weighted by molar-refractivity contribution is -0.113. The number of anilines is 1. The van der Waals surface area contributed by atoms with Gasteiger partial charge in [-0.05, 0) is 25.1 Å². The Morgan fingerprint density at radius 2 is 2.12 bits per heavy atom. The molecule has 3 rings (SSSR count). The summed E-state index contributed by atoms with van der Waals surface area (Å²) in [5.41, 5.74) is 1.94. The average molecular weight is 408 g/mol. The van der Waals surface area contributed by atoms with Gasteiger partial charge in [0.1, 0.15) is 5.75 Å². The van der Waals surface area contributed by atoms with E-state index in [1.807, 2.05) is 25.1 Å². The van der Waals surface area contributed by atoms with Gasteiger partial charge in [-0.1, -0.05) is 43.9 Å². The molecule has 3 aromatic rings. The predicted octanol–water partition coefficient (Wildman–Crippen LogP) is 5.18. The van der Waals surface area contributed by atoms with Crippen molar-refractivity contribution in [1.29, 1.82) is 0 Å². The van der Waals surface area contributed by atoms with Crippen LogP contribution in [-0.4, -0.2) is 28.2 Å². The molecule has 5 nitrogen and oxygen atoms in total. The van der Waals surface area contributed by atoms with E-state index >= 15 is 0 Å². The first kappa shape index (κ1) is 19.1. The molecule has 0 atom stereocenters. The molecule has 0 saturated carbocycles. The van der Waals surface area contributed by atoms with Crippen molar-refractivity contribution in [2.75, 3.05) is 17.7 Å². The normalized spacial score (nSPS) is 11.7. The van der Waals surface area contributed by atoms with E-state index in [-0.39, 0.29) is 11.3 Å². The second-order valence-corrected chi connectivity index (χ2v) is 9.78. The Morgan fingerprint density at radius 3 is 2.81 bits per heavy atom. The lowest BCUT2D eigenvalue weighted by Gasteiger charge is -2.14. The molecule has 0 spiro atoms. The van der Waals surface area contributed by atoms with Crippen LogP contribution in [0.1, 0.15) is 33.4 Å². The van der Waals surface area contributed by atoms with E-state index in [9.17, 15) is 4.79 Å². The van der Waals surface area contributed by atoms with Crippen molar-refractivity contribution >= 4 is 55.7 Å². The fraction of sp³-hybridized carbons (Fsp3) is 0.389. The van der Waals surface area contributed by atoms with Crippen molar-refractivity contribution in [2.24, 2.45) is 0 Å². The van der Waals surface area contributed by atoms with Crippen LogP contribution in [0.3, 0.4) is 0 Å². The average Bonchev–Trinajstić information content (AvgIpc) is 3.18. The third kappa shape index (κ3) is 4.75. The van der Waals surface area contributed by atoms with Crippen LogP contribution in [0.5, 0.6) is 5.75 Å². The van der Waals surface area contributed by atoms with Gasteiger partial charge in [-0.25, -0.2) is 9.97 Å². The molecule has 1 N–H and O–H groups in total. The quantitative estimate of drug-likeness (QED) is 0.570. The number of rotatable bonds is 6. The standard InChI is InChI=1S/C18H21N3O2S3/c1-5-23-11-6-7-12-13(8-11)26-16(19-12)21-15(22)10-25-17-20-14(9-24-17)18(2,3)4/h6-9H,5,10H2,1-4H3,(H,19,21,22). The van der Waals surface area contributed by atoms with Gasteiger partial charge in [0.2, 0.25) is 5.91 Å². The summed E-state index contributed by atoms with van der Waals surface area (Å²) in [7, 11) is 0. The van der Waals surface area contributed by atoms with E-state index in [1.54, 1.807) is 11.3 Å². The summed E-state index contributed by atoms with van der Waals surface area (Å²) >= 11 is 4.48. The van der Waals surface area contributed by atoms with Crippen LogP contribution in [0.4, 0.5) is 5.13 Å². The minimum absolute atomic E-state index is 0.0267. The number of thioether (sulfide) groups is 1. The highest BCUT2D eigenvalue weighted by Crippen LogP contribution is 2.31. The molecular weight excluding hydrogens is 386 g/mol. The molecule has 0 saturated heterocycles. The number of hydrogen-bond acceptors (Lipinski definition) is 7. The number of carbonyl (C=O) groups is 1. The number of aromatic nitrogens is 2. The number of ether oxygens (including phenoxy) is 1. The molecule has 1 amide bonds. The van der Waals surface area contributed by atoms with Crippen molar-refractivity contribution in [1.82, 2.24) is 9.97 Å². The van der Waals surface area contributed by atoms with Crippen molar-refractivity contribution in [3.05, 3.63) is 29.3 Å². The Labute approximate surface area is 165 Å². The summed E-state index contributed by atoms with van der Waals surface area (Å²) in [4.78, 5) is 21.3. The molecule has 2 heterocycles. The van der Waals surface area contributed by atoms with Gasteiger partial charge in [0, 0.05) is 10.8 Å². The molecule has 0 aliphatic heterocycles. The number of thiazole rings is 2. The van der Waals surface area contributed by atoms with Crippen LogP contribution in [0.15, 0.2) is 27.9 Å². The summed E-state index contributed by atoms with van der Waals surface area (Å²) < 4.78 is 7.41. The Kier molecular flexibility index (Phi) is 5.84. The number of fused-ring (bicyclic) bond motifs is 1. The SMILES string of the molecule is CCOc1ccc2nc(NC(=O)CSc3nc(C(C)(C)C)cs3)sc2c1. The highest BCUT2D eigenvalue weighted by molar-refractivity contribution is 8.01. The molecule has 0 aliphatic carbocycles. The van der Waals surface area contributed by atoms with E-state index < -0.39 is 0 Å². The van der Waals surface area contributed by atoms with Crippen LogP contribution < -0.4 is 10.1 Å². The molecule has 0 aliphatic rings. The van der Waals surface area contributed by atoms with Crippen LogP contribution >= 0.6 is 34.4 Å². The zero-order valence-electron chi connectivity index (χ0n) is 15.2. The summed E-state index contributed by atoms with van der Waals surface area (Å²) in [6, 6.07) is 5.75. The largest absolute Gasteiger partial charge is 0.494 e. The second-order valence-electron chi connectivity index (χ2n) is 6.67. The predicted molar refractivity (Wildman–Crippen MR) is 111 cm³/mol. The molecule has 0 unspecified atom stereocenters. The molecule has 0 bridgehead atoms. The minimum Gasteiger partial charge on any atom is -0.494 e. The Morgan fingerprint density at radius 1 is 1.31 bits per heavy atom. The first-order chi connectivity index (χ1) is 12.3. The molecule has 8 heteroatoms. The maximum Gasteiger partial charge on any atom is 0.236 e. The number of benzene rings is 1. The van der Waals surface area contributed by atoms with Crippen LogP contribution in [0, 0.1) is 0 Å². The van der Waals surface area contributed by atoms with Gasteiger partial charge in [-0.2, -0.15) is 0 Å². The molecule has 1 aromatic carbocycles. The van der Waals surface area contributed by atoms with Gasteiger partial charge >= 0.3 is 0 Å². The summed E-state index contributed by atoms with van der Waals surface area (Å²) in [5, 5.41) is 5.54. The molecular formula is C18H21N3O2S3. The number of amides is 1. The van der Waals surface area contributed by atoms with Gasteiger partial charge in [-0.3, -0.25) is 4.79 Å². The van der Waals surface area contributed by atoms with E-state index in [0.717, 1.165) is 26.0 Å². The summed E-state index contributed by atoms with van der Waals surface area (Å²) in [6.45, 7) is 8.97. The lowest BCUT2D eigenvalue weighted by atomic mass is 9.93. The molecule has 2 aromatic heterocycles. The van der Waals surface area contributed by atoms with Crippen molar-refractivity contribution in [2.45, 2.75) is 37.4 Å². The Balaban J connectivity index is 1.59. The molecule has 0 fully saturated rings.